The number of carbonyl (C=O) groups excluding carboxylic acids is 1. The topological polar surface area (TPSA) is 41.1 Å². The lowest BCUT2D eigenvalue weighted by Crippen LogP contribution is -2.52. The molecule has 1 aromatic carbocycles. The smallest absolute Gasteiger partial charge is 0.224 e. The molecule has 0 bridgehead atoms. The summed E-state index contributed by atoms with van der Waals surface area (Å²) in [5.41, 5.74) is 2.30. The van der Waals surface area contributed by atoms with E-state index in [9.17, 15) is 4.79 Å². The first-order valence-corrected chi connectivity index (χ1v) is 6.73. The van der Waals surface area contributed by atoms with Crippen LogP contribution in [0.2, 0.25) is 0 Å². The molecule has 1 aliphatic rings. The molecule has 0 aliphatic carbocycles. The van der Waals surface area contributed by atoms with E-state index in [0.717, 1.165) is 24.9 Å². The van der Waals surface area contributed by atoms with Gasteiger partial charge in [0, 0.05) is 12.1 Å². The molecule has 1 saturated heterocycles. The molecular weight excluding hydrogens is 260 g/mol. The molecule has 0 spiro atoms. The van der Waals surface area contributed by atoms with E-state index in [1.165, 1.54) is 5.56 Å². The molecule has 2 unspecified atom stereocenters. The average Bonchev–Trinajstić information content (AvgIpc) is 2.35. The van der Waals surface area contributed by atoms with E-state index in [2.05, 4.69) is 24.5 Å². The van der Waals surface area contributed by atoms with Gasteiger partial charge in [0.2, 0.25) is 5.91 Å². The number of hydrogen-bond acceptors (Lipinski definition) is 2. The highest BCUT2D eigenvalue weighted by Gasteiger charge is 2.22. The highest BCUT2D eigenvalue weighted by atomic mass is 35.5. The fraction of sp³-hybridized carbons (Fsp3) is 0.533. The lowest BCUT2D eigenvalue weighted by atomic mass is 9.99. The summed E-state index contributed by atoms with van der Waals surface area (Å²) in [5.74, 6) is 0.124. The van der Waals surface area contributed by atoms with Gasteiger partial charge in [0.25, 0.3) is 0 Å². The number of benzene rings is 1. The summed E-state index contributed by atoms with van der Waals surface area (Å²) < 4.78 is 0. The summed E-state index contributed by atoms with van der Waals surface area (Å²) in [5, 5.41) is 6.52. The van der Waals surface area contributed by atoms with Crippen molar-refractivity contribution in [2.75, 3.05) is 6.54 Å². The maximum absolute atomic E-state index is 12.0. The van der Waals surface area contributed by atoms with Gasteiger partial charge < -0.3 is 10.6 Å². The van der Waals surface area contributed by atoms with Crippen LogP contribution in [-0.2, 0) is 11.2 Å². The predicted molar refractivity (Wildman–Crippen MR) is 80.8 cm³/mol. The molecule has 2 N–H and O–H groups in total. The molecular formula is C15H23ClN2O. The Labute approximate surface area is 121 Å². The van der Waals surface area contributed by atoms with Crippen LogP contribution in [0.5, 0.6) is 0 Å². The van der Waals surface area contributed by atoms with Crippen LogP contribution in [0, 0.1) is 6.92 Å². The van der Waals surface area contributed by atoms with Crippen molar-refractivity contribution in [3.63, 3.8) is 0 Å². The molecule has 1 heterocycles. The Kier molecular flexibility index (Phi) is 6.32. The van der Waals surface area contributed by atoms with Crippen molar-refractivity contribution in [2.45, 2.75) is 45.2 Å². The van der Waals surface area contributed by atoms with Gasteiger partial charge in [-0.05, 0) is 38.8 Å². The van der Waals surface area contributed by atoms with Gasteiger partial charge in [-0.3, -0.25) is 4.79 Å². The molecule has 0 aromatic heterocycles. The Morgan fingerprint density at radius 2 is 2.05 bits per heavy atom. The SMILES string of the molecule is Cc1ccc(CC(=O)NC2CCCNC2C)cc1.Cl. The molecule has 3 nitrogen and oxygen atoms in total. The van der Waals surface area contributed by atoms with Gasteiger partial charge in [-0.25, -0.2) is 0 Å². The Morgan fingerprint density at radius 1 is 1.37 bits per heavy atom. The first kappa shape index (κ1) is 16.0. The monoisotopic (exact) mass is 282 g/mol. The van der Waals surface area contributed by atoms with E-state index < -0.39 is 0 Å². The molecule has 0 saturated carbocycles. The average molecular weight is 283 g/mol. The number of rotatable bonds is 3. The van der Waals surface area contributed by atoms with Crippen LogP contribution in [0.1, 0.15) is 30.9 Å². The Balaban J connectivity index is 0.00000180. The van der Waals surface area contributed by atoms with Gasteiger partial charge in [0.15, 0.2) is 0 Å². The number of carbonyl (C=O) groups is 1. The summed E-state index contributed by atoms with van der Waals surface area (Å²) in [6.45, 7) is 5.25. The predicted octanol–water partition coefficient (Wildman–Crippen LogP) is 2.22. The number of hydrogen-bond donors (Lipinski definition) is 2. The number of amides is 1. The van der Waals surface area contributed by atoms with Gasteiger partial charge >= 0.3 is 0 Å². The Morgan fingerprint density at radius 3 is 2.68 bits per heavy atom. The fourth-order valence-electron chi connectivity index (χ4n) is 2.39. The number of aryl methyl sites for hydroxylation is 1. The first-order chi connectivity index (χ1) is 8.65. The fourth-order valence-corrected chi connectivity index (χ4v) is 2.39. The number of halogens is 1. The third kappa shape index (κ3) is 4.84. The minimum atomic E-state index is 0. The molecule has 106 valence electrons. The molecule has 4 heteroatoms. The zero-order valence-corrected chi connectivity index (χ0v) is 12.4. The molecule has 0 radical (unpaired) electrons. The molecule has 2 rings (SSSR count). The third-order valence-electron chi connectivity index (χ3n) is 3.59. The normalized spacial score (nSPS) is 22.4. The largest absolute Gasteiger partial charge is 0.352 e. The Bertz CT molecular complexity index is 405. The quantitative estimate of drug-likeness (QED) is 0.893. The molecule has 1 aliphatic heterocycles. The van der Waals surface area contributed by atoms with Crippen molar-refractivity contribution in [2.24, 2.45) is 0 Å². The van der Waals surface area contributed by atoms with Gasteiger partial charge in [-0.1, -0.05) is 29.8 Å². The van der Waals surface area contributed by atoms with Crippen molar-refractivity contribution in [3.8, 4) is 0 Å². The number of piperidine rings is 1. The van der Waals surface area contributed by atoms with Crippen LogP contribution in [0.25, 0.3) is 0 Å². The summed E-state index contributed by atoms with van der Waals surface area (Å²) in [7, 11) is 0. The summed E-state index contributed by atoms with van der Waals surface area (Å²) in [4.78, 5) is 12.0. The van der Waals surface area contributed by atoms with Gasteiger partial charge in [-0.2, -0.15) is 0 Å². The molecule has 19 heavy (non-hydrogen) atoms. The van der Waals surface area contributed by atoms with Crippen molar-refractivity contribution < 1.29 is 4.79 Å². The maximum atomic E-state index is 12.0. The van der Waals surface area contributed by atoms with Crippen LogP contribution in [-0.4, -0.2) is 24.5 Å². The molecule has 1 aromatic rings. The van der Waals surface area contributed by atoms with Crippen LogP contribution in [0.3, 0.4) is 0 Å². The zero-order chi connectivity index (χ0) is 13.0. The van der Waals surface area contributed by atoms with Gasteiger partial charge in [0.05, 0.1) is 6.42 Å². The van der Waals surface area contributed by atoms with Crippen LogP contribution < -0.4 is 10.6 Å². The van der Waals surface area contributed by atoms with Crippen molar-refractivity contribution >= 4 is 18.3 Å². The van der Waals surface area contributed by atoms with E-state index in [-0.39, 0.29) is 24.4 Å². The van der Waals surface area contributed by atoms with E-state index in [4.69, 9.17) is 0 Å². The Hall–Kier alpha value is -1.06. The summed E-state index contributed by atoms with van der Waals surface area (Å²) in [6, 6.07) is 8.80. The van der Waals surface area contributed by atoms with Crippen molar-refractivity contribution in [1.82, 2.24) is 10.6 Å². The van der Waals surface area contributed by atoms with Gasteiger partial charge in [-0.15, -0.1) is 12.4 Å². The van der Waals surface area contributed by atoms with Crippen LogP contribution in [0.15, 0.2) is 24.3 Å². The summed E-state index contributed by atoms with van der Waals surface area (Å²) >= 11 is 0. The first-order valence-electron chi connectivity index (χ1n) is 6.73. The highest BCUT2D eigenvalue weighted by Crippen LogP contribution is 2.09. The molecule has 1 amide bonds. The summed E-state index contributed by atoms with van der Waals surface area (Å²) in [6.07, 6.45) is 2.69. The second kappa shape index (κ2) is 7.51. The standard InChI is InChI=1S/C15H22N2O.ClH/c1-11-5-7-13(8-6-11)10-15(18)17-14-4-3-9-16-12(14)2;/h5-8,12,14,16H,3-4,9-10H2,1-2H3,(H,17,18);1H. The van der Waals surface area contributed by atoms with E-state index in [0.29, 0.717) is 12.5 Å². The molecule has 2 atom stereocenters. The number of nitrogens with one attached hydrogen (secondary N) is 2. The molecule has 1 fully saturated rings. The second-order valence-electron chi connectivity index (χ2n) is 5.22. The lowest BCUT2D eigenvalue weighted by molar-refractivity contribution is -0.121. The third-order valence-corrected chi connectivity index (χ3v) is 3.59. The lowest BCUT2D eigenvalue weighted by Gasteiger charge is -2.30. The van der Waals surface area contributed by atoms with Crippen molar-refractivity contribution in [3.05, 3.63) is 35.4 Å². The van der Waals surface area contributed by atoms with E-state index >= 15 is 0 Å². The second-order valence-corrected chi connectivity index (χ2v) is 5.22. The minimum absolute atomic E-state index is 0. The van der Waals surface area contributed by atoms with Crippen molar-refractivity contribution in [1.29, 1.82) is 0 Å². The van der Waals surface area contributed by atoms with Crippen LogP contribution in [0.4, 0.5) is 0 Å². The zero-order valence-electron chi connectivity index (χ0n) is 11.6. The maximum Gasteiger partial charge on any atom is 0.224 e. The van der Waals surface area contributed by atoms with Gasteiger partial charge in [0.1, 0.15) is 0 Å². The van der Waals surface area contributed by atoms with E-state index in [1.54, 1.807) is 0 Å². The highest BCUT2D eigenvalue weighted by molar-refractivity contribution is 5.85. The van der Waals surface area contributed by atoms with Crippen LogP contribution >= 0.6 is 12.4 Å². The van der Waals surface area contributed by atoms with E-state index in [1.807, 2.05) is 24.3 Å². The minimum Gasteiger partial charge on any atom is -0.352 e.